The molecule has 0 aliphatic carbocycles. The Morgan fingerprint density at radius 2 is 2.10 bits per heavy atom. The van der Waals surface area contributed by atoms with Gasteiger partial charge < -0.3 is 10.1 Å². The Morgan fingerprint density at radius 1 is 1.43 bits per heavy atom. The molecule has 110 valence electrons. The largest absolute Gasteiger partial charge is 0.468 e. The van der Waals surface area contributed by atoms with Crippen LogP contribution in [0, 0.1) is 0 Å². The summed E-state index contributed by atoms with van der Waals surface area (Å²) in [5, 5.41) is 3.02. The molecular formula is C14H14N2O3S2. The van der Waals surface area contributed by atoms with Crippen molar-refractivity contribution in [2.45, 2.75) is 4.90 Å². The molecule has 1 heterocycles. The highest BCUT2D eigenvalue weighted by Crippen LogP contribution is 2.18. The van der Waals surface area contributed by atoms with E-state index in [-0.39, 0.29) is 17.6 Å². The Balaban J connectivity index is 2.17. The second-order valence-electron chi connectivity index (χ2n) is 4.23. The quantitative estimate of drug-likeness (QED) is 0.394. The number of hydrogen-bond donors (Lipinski definition) is 1. The van der Waals surface area contributed by atoms with Gasteiger partial charge in [0, 0.05) is 4.90 Å². The lowest BCUT2D eigenvalue weighted by Crippen LogP contribution is -2.35. The number of esters is 1. The molecule has 1 N–H and O–H groups in total. The first-order valence-electron chi connectivity index (χ1n) is 6.10. The number of hydrogen-bond acceptors (Lipinski definition) is 5. The van der Waals surface area contributed by atoms with Gasteiger partial charge in [0.1, 0.15) is 12.2 Å². The van der Waals surface area contributed by atoms with Crippen LogP contribution in [0.1, 0.15) is 5.56 Å². The Kier molecular flexibility index (Phi) is 4.98. The Bertz CT molecular complexity index is 611. The second kappa shape index (κ2) is 6.73. The zero-order valence-corrected chi connectivity index (χ0v) is 13.2. The maximum atomic E-state index is 12.2. The predicted molar refractivity (Wildman–Crippen MR) is 85.7 cm³/mol. The van der Waals surface area contributed by atoms with Crippen LogP contribution in [0.15, 0.2) is 34.9 Å². The van der Waals surface area contributed by atoms with Gasteiger partial charge in [0.05, 0.1) is 7.11 Å². The summed E-state index contributed by atoms with van der Waals surface area (Å²) in [4.78, 5) is 25.8. The zero-order valence-electron chi connectivity index (χ0n) is 11.6. The van der Waals surface area contributed by atoms with Crippen LogP contribution < -0.4 is 5.32 Å². The molecule has 21 heavy (non-hydrogen) atoms. The molecule has 5 nitrogen and oxygen atoms in total. The standard InChI is InChI=1S/C14H14N2O3S2/c1-19-12(17)8-16-13(18)11(15-14(16)20)7-9-3-5-10(21-2)6-4-9/h3-7H,8H2,1-2H3,(H,15,20)/b11-7-. The molecule has 0 radical (unpaired) electrons. The lowest BCUT2D eigenvalue weighted by Gasteiger charge is -2.11. The molecule has 0 saturated carbocycles. The van der Waals surface area contributed by atoms with Gasteiger partial charge in [0.25, 0.3) is 5.91 Å². The highest BCUT2D eigenvalue weighted by Gasteiger charge is 2.32. The predicted octanol–water partition coefficient (Wildman–Crippen LogP) is 1.64. The summed E-state index contributed by atoms with van der Waals surface area (Å²) in [5.41, 5.74) is 1.23. The monoisotopic (exact) mass is 322 g/mol. The van der Waals surface area contributed by atoms with E-state index in [0.29, 0.717) is 5.70 Å². The summed E-state index contributed by atoms with van der Waals surface area (Å²) in [6.07, 6.45) is 3.70. The van der Waals surface area contributed by atoms with Crippen molar-refractivity contribution in [2.75, 3.05) is 19.9 Å². The first-order chi connectivity index (χ1) is 10.0. The molecule has 1 saturated heterocycles. The molecule has 1 aromatic carbocycles. The Hall–Kier alpha value is -1.86. The minimum absolute atomic E-state index is 0.191. The number of rotatable bonds is 4. The fraction of sp³-hybridized carbons (Fsp3) is 0.214. The average Bonchev–Trinajstić information content (AvgIpc) is 2.75. The summed E-state index contributed by atoms with van der Waals surface area (Å²) < 4.78 is 4.55. The van der Waals surface area contributed by atoms with Crippen LogP contribution in [0.25, 0.3) is 6.08 Å². The smallest absolute Gasteiger partial charge is 0.325 e. The van der Waals surface area contributed by atoms with Gasteiger partial charge >= 0.3 is 5.97 Å². The van der Waals surface area contributed by atoms with Gasteiger partial charge in [0.2, 0.25) is 0 Å². The van der Waals surface area contributed by atoms with E-state index in [0.717, 1.165) is 10.5 Å². The summed E-state index contributed by atoms with van der Waals surface area (Å²) in [6, 6.07) is 7.78. The van der Waals surface area contributed by atoms with Gasteiger partial charge in [-0.25, -0.2) is 0 Å². The molecule has 0 atom stereocenters. The van der Waals surface area contributed by atoms with E-state index in [2.05, 4.69) is 10.1 Å². The molecule has 0 unspecified atom stereocenters. The summed E-state index contributed by atoms with van der Waals surface area (Å²) in [5.74, 6) is -0.850. The molecule has 1 aliphatic rings. The molecular weight excluding hydrogens is 308 g/mol. The van der Waals surface area contributed by atoms with Crippen LogP contribution in [0.4, 0.5) is 0 Å². The zero-order chi connectivity index (χ0) is 15.4. The van der Waals surface area contributed by atoms with Crippen LogP contribution >= 0.6 is 24.0 Å². The second-order valence-corrected chi connectivity index (χ2v) is 5.50. The molecule has 1 aromatic rings. The lowest BCUT2D eigenvalue weighted by atomic mass is 10.2. The van der Waals surface area contributed by atoms with Gasteiger partial charge in [-0.3, -0.25) is 14.5 Å². The number of carbonyl (C=O) groups is 2. The average molecular weight is 322 g/mol. The third kappa shape index (κ3) is 3.62. The SMILES string of the molecule is COC(=O)CN1C(=O)/C(=C/c2ccc(SC)cc2)NC1=S. The Labute approximate surface area is 132 Å². The van der Waals surface area contributed by atoms with E-state index >= 15 is 0 Å². The third-order valence-electron chi connectivity index (χ3n) is 2.90. The molecule has 2 rings (SSSR count). The van der Waals surface area contributed by atoms with Crippen molar-refractivity contribution in [1.82, 2.24) is 10.2 Å². The highest BCUT2D eigenvalue weighted by atomic mass is 32.2. The van der Waals surface area contributed by atoms with Gasteiger partial charge in [0.15, 0.2) is 5.11 Å². The van der Waals surface area contributed by atoms with Gasteiger partial charge in [-0.1, -0.05) is 12.1 Å². The van der Waals surface area contributed by atoms with Crippen molar-refractivity contribution in [3.05, 3.63) is 35.5 Å². The fourth-order valence-corrected chi connectivity index (χ4v) is 2.44. The number of thioether (sulfide) groups is 1. The lowest BCUT2D eigenvalue weighted by molar-refractivity contribution is -0.143. The number of carbonyl (C=O) groups excluding carboxylic acids is 2. The molecule has 1 amide bonds. The minimum Gasteiger partial charge on any atom is -0.468 e. The maximum absolute atomic E-state index is 12.2. The molecule has 1 aliphatic heterocycles. The van der Waals surface area contributed by atoms with Crippen molar-refractivity contribution in [2.24, 2.45) is 0 Å². The van der Waals surface area contributed by atoms with Crippen molar-refractivity contribution >= 4 is 47.0 Å². The summed E-state index contributed by atoms with van der Waals surface area (Å²) in [7, 11) is 1.27. The number of ether oxygens (including phenoxy) is 1. The summed E-state index contributed by atoms with van der Waals surface area (Å²) >= 11 is 6.71. The highest BCUT2D eigenvalue weighted by molar-refractivity contribution is 7.98. The van der Waals surface area contributed by atoms with Gasteiger partial charge in [-0.2, -0.15) is 0 Å². The number of thiocarbonyl (C=S) groups is 1. The molecule has 0 bridgehead atoms. The van der Waals surface area contributed by atoms with Crippen LogP contribution in [0.3, 0.4) is 0 Å². The van der Waals surface area contributed by atoms with E-state index in [1.807, 2.05) is 30.5 Å². The number of amides is 1. The molecule has 0 aromatic heterocycles. The number of nitrogens with one attached hydrogen (secondary N) is 1. The van der Waals surface area contributed by atoms with E-state index in [1.165, 1.54) is 12.0 Å². The topological polar surface area (TPSA) is 58.6 Å². The van der Waals surface area contributed by atoms with Gasteiger partial charge in [-0.15, -0.1) is 11.8 Å². The molecule has 1 fully saturated rings. The maximum Gasteiger partial charge on any atom is 0.325 e. The van der Waals surface area contributed by atoms with Crippen LogP contribution in [-0.4, -0.2) is 41.8 Å². The van der Waals surface area contributed by atoms with Gasteiger partial charge in [-0.05, 0) is 42.2 Å². The Morgan fingerprint density at radius 3 is 2.67 bits per heavy atom. The van der Waals surface area contributed by atoms with E-state index < -0.39 is 5.97 Å². The number of methoxy groups -OCH3 is 1. The van der Waals surface area contributed by atoms with E-state index in [9.17, 15) is 9.59 Å². The molecule has 0 spiro atoms. The third-order valence-corrected chi connectivity index (χ3v) is 3.97. The number of benzene rings is 1. The van der Waals surface area contributed by atoms with Crippen molar-refractivity contribution in [3.8, 4) is 0 Å². The minimum atomic E-state index is -0.516. The number of nitrogens with zero attached hydrogens (tertiary/aromatic N) is 1. The van der Waals surface area contributed by atoms with Crippen LogP contribution in [0.2, 0.25) is 0 Å². The van der Waals surface area contributed by atoms with Crippen molar-refractivity contribution in [3.63, 3.8) is 0 Å². The van der Waals surface area contributed by atoms with Crippen LogP contribution in [0.5, 0.6) is 0 Å². The van der Waals surface area contributed by atoms with E-state index in [1.54, 1.807) is 17.8 Å². The van der Waals surface area contributed by atoms with E-state index in [4.69, 9.17) is 12.2 Å². The first kappa shape index (κ1) is 15.5. The first-order valence-corrected chi connectivity index (χ1v) is 7.74. The van der Waals surface area contributed by atoms with Crippen LogP contribution in [-0.2, 0) is 14.3 Å². The summed E-state index contributed by atoms with van der Waals surface area (Å²) in [6.45, 7) is -0.191. The molecule has 7 heteroatoms. The fourth-order valence-electron chi connectivity index (χ4n) is 1.78. The van der Waals surface area contributed by atoms with Crippen molar-refractivity contribution < 1.29 is 14.3 Å². The van der Waals surface area contributed by atoms with Crippen molar-refractivity contribution in [1.29, 1.82) is 0 Å². The normalized spacial score (nSPS) is 16.3.